The number of nitrogens with one attached hydrogen (secondary N) is 3. The van der Waals surface area contributed by atoms with Gasteiger partial charge >= 0.3 is 0 Å². The Morgan fingerprint density at radius 2 is 2.18 bits per heavy atom. The van der Waals surface area contributed by atoms with Crippen LogP contribution in [0.15, 0.2) is 33.7 Å². The maximum absolute atomic E-state index is 12.7. The molecule has 0 atom stereocenters. The molecule has 2 aromatic heterocycles. The molecule has 144 valence electrons. The van der Waals surface area contributed by atoms with Crippen LogP contribution in [0.2, 0.25) is 5.02 Å². The van der Waals surface area contributed by atoms with E-state index in [-0.39, 0.29) is 29.1 Å². The second kappa shape index (κ2) is 7.01. The fourth-order valence-electron chi connectivity index (χ4n) is 3.21. The maximum Gasteiger partial charge on any atom is 0.262 e. The molecule has 1 fully saturated rings. The largest absolute Gasteiger partial charge is 0.442 e. The highest BCUT2D eigenvalue weighted by Gasteiger charge is 2.23. The van der Waals surface area contributed by atoms with E-state index in [1.165, 1.54) is 6.33 Å². The third kappa shape index (κ3) is 3.20. The van der Waals surface area contributed by atoms with Crippen molar-refractivity contribution in [2.45, 2.75) is 6.92 Å². The number of carbonyl (C=O) groups is 2. The summed E-state index contributed by atoms with van der Waals surface area (Å²) in [5.74, 6) is -0.282. The molecule has 0 aliphatic carbocycles. The fraction of sp³-hybridized carbons (Fsp3) is 0.222. The van der Waals surface area contributed by atoms with Gasteiger partial charge in [0.25, 0.3) is 11.5 Å². The molecule has 0 unspecified atom stereocenters. The average Bonchev–Trinajstić information content (AvgIpc) is 2.99. The van der Waals surface area contributed by atoms with E-state index in [1.807, 2.05) is 4.90 Å². The number of hydrogen-bond donors (Lipinski definition) is 3. The highest BCUT2D eigenvalue weighted by Crippen LogP contribution is 2.30. The Morgan fingerprint density at radius 1 is 1.36 bits per heavy atom. The lowest BCUT2D eigenvalue weighted by Crippen LogP contribution is -2.47. The Kier molecular flexibility index (Phi) is 4.52. The summed E-state index contributed by atoms with van der Waals surface area (Å²) >= 11 is 6.36. The first-order valence-electron chi connectivity index (χ1n) is 8.53. The van der Waals surface area contributed by atoms with Crippen LogP contribution in [0, 0.1) is 6.92 Å². The molecule has 2 amide bonds. The van der Waals surface area contributed by atoms with Gasteiger partial charge in [0, 0.05) is 18.8 Å². The molecule has 1 aliphatic heterocycles. The Hall–Kier alpha value is -3.33. The van der Waals surface area contributed by atoms with Crippen LogP contribution in [0.25, 0.3) is 11.1 Å². The number of aryl methyl sites for hydroxylation is 1. The molecule has 3 heterocycles. The van der Waals surface area contributed by atoms with Gasteiger partial charge in [0.05, 0.1) is 29.1 Å². The van der Waals surface area contributed by atoms with E-state index >= 15 is 0 Å². The summed E-state index contributed by atoms with van der Waals surface area (Å²) in [4.78, 5) is 44.6. The molecule has 3 aromatic rings. The number of furan rings is 1. The van der Waals surface area contributed by atoms with Crippen LogP contribution >= 0.6 is 11.6 Å². The van der Waals surface area contributed by atoms with Gasteiger partial charge in [0.1, 0.15) is 11.1 Å². The fourth-order valence-corrected chi connectivity index (χ4v) is 3.51. The van der Waals surface area contributed by atoms with Crippen LogP contribution in [-0.2, 0) is 4.79 Å². The first-order chi connectivity index (χ1) is 13.4. The van der Waals surface area contributed by atoms with Gasteiger partial charge in [-0.2, -0.15) is 0 Å². The minimum atomic E-state index is -0.504. The number of nitrogens with zero attached hydrogens (tertiary/aromatic N) is 2. The van der Waals surface area contributed by atoms with E-state index in [4.69, 9.17) is 16.0 Å². The molecule has 1 aliphatic rings. The summed E-state index contributed by atoms with van der Waals surface area (Å²) in [6.07, 6.45) is 1.22. The zero-order chi connectivity index (χ0) is 19.8. The SMILES string of the molecule is Cc1oc2nc[nH]c(=O)c2c1C(=O)Nc1ccc(N2CCNC(=O)C2)c(Cl)c1. The standard InChI is InChI=1S/C18H16ClN5O4/c1-9-14(15-16(26)21-8-22-18(15)28-9)17(27)23-10-2-3-12(11(19)6-10)24-5-4-20-13(25)7-24/h2-3,6,8H,4-5,7H2,1H3,(H,20,25)(H,23,27)(H,21,22,26). The molecule has 0 bridgehead atoms. The van der Waals surface area contributed by atoms with Crippen molar-refractivity contribution in [1.82, 2.24) is 15.3 Å². The van der Waals surface area contributed by atoms with E-state index in [2.05, 4.69) is 20.6 Å². The number of halogens is 1. The van der Waals surface area contributed by atoms with Gasteiger partial charge in [-0.25, -0.2) is 4.98 Å². The van der Waals surface area contributed by atoms with Crippen molar-refractivity contribution in [2.24, 2.45) is 0 Å². The van der Waals surface area contributed by atoms with Crippen LogP contribution in [0.1, 0.15) is 16.1 Å². The summed E-state index contributed by atoms with van der Waals surface area (Å²) in [5, 5.41) is 5.98. The van der Waals surface area contributed by atoms with E-state index in [0.717, 1.165) is 0 Å². The number of piperazine rings is 1. The Bertz CT molecular complexity index is 1150. The van der Waals surface area contributed by atoms with Crippen molar-refractivity contribution in [1.29, 1.82) is 0 Å². The third-order valence-corrected chi connectivity index (χ3v) is 4.78. The predicted molar refractivity (Wildman–Crippen MR) is 104 cm³/mol. The molecule has 0 saturated carbocycles. The number of anilines is 2. The zero-order valence-corrected chi connectivity index (χ0v) is 15.6. The van der Waals surface area contributed by atoms with Crippen LogP contribution in [0.3, 0.4) is 0 Å². The smallest absolute Gasteiger partial charge is 0.262 e. The van der Waals surface area contributed by atoms with Gasteiger partial charge in [-0.05, 0) is 25.1 Å². The average molecular weight is 402 g/mol. The number of amides is 2. The van der Waals surface area contributed by atoms with Gasteiger partial charge in [0.2, 0.25) is 11.6 Å². The number of hydrogen-bond acceptors (Lipinski definition) is 6. The predicted octanol–water partition coefficient (Wildman–Crippen LogP) is 1.67. The van der Waals surface area contributed by atoms with Crippen molar-refractivity contribution in [3.63, 3.8) is 0 Å². The summed E-state index contributed by atoms with van der Waals surface area (Å²) < 4.78 is 5.41. The first kappa shape index (κ1) is 18.1. The van der Waals surface area contributed by atoms with Crippen molar-refractivity contribution < 1.29 is 14.0 Å². The molecule has 3 N–H and O–H groups in total. The molecule has 1 aromatic carbocycles. The van der Waals surface area contributed by atoms with E-state index < -0.39 is 11.5 Å². The number of H-pyrrole nitrogens is 1. The Labute approximate surface area is 163 Å². The monoisotopic (exact) mass is 401 g/mol. The Morgan fingerprint density at radius 3 is 2.93 bits per heavy atom. The summed E-state index contributed by atoms with van der Waals surface area (Å²) in [6.45, 7) is 3.01. The first-order valence-corrected chi connectivity index (χ1v) is 8.91. The maximum atomic E-state index is 12.7. The van der Waals surface area contributed by atoms with Gasteiger partial charge in [-0.1, -0.05) is 11.6 Å². The molecule has 10 heteroatoms. The van der Waals surface area contributed by atoms with E-state index in [0.29, 0.717) is 35.2 Å². The van der Waals surface area contributed by atoms with Gasteiger partial charge in [-0.15, -0.1) is 0 Å². The van der Waals surface area contributed by atoms with Crippen LogP contribution < -0.4 is 21.1 Å². The molecule has 1 saturated heterocycles. The van der Waals surface area contributed by atoms with Gasteiger partial charge in [0.15, 0.2) is 0 Å². The van der Waals surface area contributed by atoms with E-state index in [9.17, 15) is 14.4 Å². The number of aromatic amines is 1. The molecule has 0 radical (unpaired) electrons. The van der Waals surface area contributed by atoms with E-state index in [1.54, 1.807) is 25.1 Å². The third-order valence-electron chi connectivity index (χ3n) is 4.48. The van der Waals surface area contributed by atoms with Crippen LogP contribution in [0.4, 0.5) is 11.4 Å². The summed E-state index contributed by atoms with van der Waals surface area (Å²) in [7, 11) is 0. The lowest BCUT2D eigenvalue weighted by Gasteiger charge is -2.29. The highest BCUT2D eigenvalue weighted by atomic mass is 35.5. The number of carbonyl (C=O) groups excluding carboxylic acids is 2. The topological polar surface area (TPSA) is 120 Å². The quantitative estimate of drug-likeness (QED) is 0.614. The van der Waals surface area contributed by atoms with Gasteiger partial charge in [-0.3, -0.25) is 14.4 Å². The van der Waals surface area contributed by atoms with Crippen molar-refractivity contribution in [3.8, 4) is 0 Å². The molecular weight excluding hydrogens is 386 g/mol. The minimum absolute atomic E-state index is 0.0687. The van der Waals surface area contributed by atoms with Crippen molar-refractivity contribution in [2.75, 3.05) is 29.9 Å². The second-order valence-electron chi connectivity index (χ2n) is 6.34. The van der Waals surface area contributed by atoms with Crippen molar-refractivity contribution >= 4 is 45.9 Å². The van der Waals surface area contributed by atoms with Crippen LogP contribution in [-0.4, -0.2) is 41.4 Å². The minimum Gasteiger partial charge on any atom is -0.442 e. The molecule has 28 heavy (non-hydrogen) atoms. The lowest BCUT2D eigenvalue weighted by molar-refractivity contribution is -0.120. The van der Waals surface area contributed by atoms with Gasteiger partial charge < -0.3 is 24.9 Å². The lowest BCUT2D eigenvalue weighted by atomic mass is 10.1. The number of rotatable bonds is 3. The highest BCUT2D eigenvalue weighted by molar-refractivity contribution is 6.33. The van der Waals surface area contributed by atoms with Crippen LogP contribution in [0.5, 0.6) is 0 Å². The molecule has 0 spiro atoms. The Balaban J connectivity index is 1.61. The summed E-state index contributed by atoms with van der Waals surface area (Å²) in [5.41, 5.74) is 0.929. The molecule has 9 nitrogen and oxygen atoms in total. The number of fused-ring (bicyclic) bond motifs is 1. The normalized spacial score (nSPS) is 14.2. The van der Waals surface area contributed by atoms with Crippen molar-refractivity contribution in [3.05, 3.63) is 51.2 Å². The molecule has 4 rings (SSSR count). The zero-order valence-electron chi connectivity index (χ0n) is 14.8. The molecular formula is C18H16ClN5O4. The second-order valence-corrected chi connectivity index (χ2v) is 6.74. The summed E-state index contributed by atoms with van der Waals surface area (Å²) in [6, 6.07) is 5.03. The number of benzene rings is 1. The number of aromatic nitrogens is 2.